The van der Waals surface area contributed by atoms with E-state index in [0.717, 1.165) is 63.7 Å². The number of ether oxygens (including phenoxy) is 3. The molecule has 0 rings (SSSR count). The Hall–Kier alpha value is -1.59. The Balaban J connectivity index is 4.29. The first-order valence-electron chi connectivity index (χ1n) is 25.9. The van der Waals surface area contributed by atoms with Crippen molar-refractivity contribution in [2.24, 2.45) is 5.92 Å². The summed E-state index contributed by atoms with van der Waals surface area (Å²) in [5.41, 5.74) is 0. The van der Waals surface area contributed by atoms with Crippen LogP contribution in [0.15, 0.2) is 0 Å². The van der Waals surface area contributed by atoms with Gasteiger partial charge in [-0.2, -0.15) is 0 Å². The van der Waals surface area contributed by atoms with Gasteiger partial charge in [0.15, 0.2) is 6.10 Å². The number of carbonyl (C=O) groups is 3. The third-order valence-corrected chi connectivity index (χ3v) is 11.8. The first-order valence-corrected chi connectivity index (χ1v) is 25.9. The number of hydrogen-bond donors (Lipinski definition) is 0. The Labute approximate surface area is 361 Å². The minimum absolute atomic E-state index is 0.0629. The van der Waals surface area contributed by atoms with Gasteiger partial charge >= 0.3 is 17.9 Å². The lowest BCUT2D eigenvalue weighted by molar-refractivity contribution is -0.167. The fraction of sp³-hybridized carbons (Fsp3) is 0.942. The fourth-order valence-corrected chi connectivity index (χ4v) is 7.86. The molecule has 0 spiro atoms. The molecule has 344 valence electrons. The second kappa shape index (κ2) is 46.5. The van der Waals surface area contributed by atoms with Crippen molar-refractivity contribution in [2.45, 2.75) is 297 Å². The fourth-order valence-electron chi connectivity index (χ4n) is 7.86. The number of carbonyl (C=O) groups excluding carboxylic acids is 3. The van der Waals surface area contributed by atoms with Gasteiger partial charge in [-0.05, 0) is 25.2 Å². The summed E-state index contributed by atoms with van der Waals surface area (Å²) in [4.78, 5) is 37.9. The lowest BCUT2D eigenvalue weighted by Crippen LogP contribution is -2.30. The molecule has 0 saturated heterocycles. The number of unbranched alkanes of at least 4 members (excludes halogenated alkanes) is 34. The highest BCUT2D eigenvalue weighted by atomic mass is 16.6. The minimum atomic E-state index is -0.760. The molecule has 6 nitrogen and oxygen atoms in total. The van der Waals surface area contributed by atoms with Crippen LogP contribution in [0, 0.1) is 5.92 Å². The van der Waals surface area contributed by atoms with Gasteiger partial charge in [0, 0.05) is 19.3 Å². The topological polar surface area (TPSA) is 78.9 Å². The number of esters is 3. The minimum Gasteiger partial charge on any atom is -0.462 e. The zero-order chi connectivity index (χ0) is 42.4. The normalized spacial score (nSPS) is 11.9. The van der Waals surface area contributed by atoms with Crippen molar-refractivity contribution in [3.8, 4) is 0 Å². The molecular weight excluding hydrogens is 721 g/mol. The first-order chi connectivity index (χ1) is 28.4. The average Bonchev–Trinajstić information content (AvgIpc) is 3.21. The molecule has 0 unspecified atom stereocenters. The molecule has 0 saturated carbocycles. The molecule has 0 heterocycles. The lowest BCUT2D eigenvalue weighted by atomic mass is 10.0. The molecule has 0 aromatic heterocycles. The molecule has 0 N–H and O–H groups in total. The third-order valence-electron chi connectivity index (χ3n) is 11.8. The molecule has 6 heteroatoms. The van der Waals surface area contributed by atoms with Crippen LogP contribution in [0.5, 0.6) is 0 Å². The highest BCUT2D eigenvalue weighted by molar-refractivity contribution is 5.71. The first kappa shape index (κ1) is 56.4. The monoisotopic (exact) mass is 821 g/mol. The van der Waals surface area contributed by atoms with E-state index in [1.54, 1.807) is 0 Å². The molecule has 0 radical (unpaired) electrons. The number of rotatable bonds is 47. The van der Waals surface area contributed by atoms with Crippen LogP contribution in [-0.2, 0) is 28.6 Å². The van der Waals surface area contributed by atoms with Crippen LogP contribution in [-0.4, -0.2) is 37.2 Å². The summed E-state index contributed by atoms with van der Waals surface area (Å²) in [5, 5.41) is 0. The van der Waals surface area contributed by atoms with Crippen molar-refractivity contribution in [3.05, 3.63) is 0 Å². The van der Waals surface area contributed by atoms with E-state index < -0.39 is 6.10 Å². The maximum absolute atomic E-state index is 12.8. The van der Waals surface area contributed by atoms with Crippen LogP contribution in [0.2, 0.25) is 0 Å². The Bertz CT molecular complexity index is 872. The van der Waals surface area contributed by atoms with Crippen LogP contribution in [0.25, 0.3) is 0 Å². The largest absolute Gasteiger partial charge is 0.462 e. The van der Waals surface area contributed by atoms with Crippen LogP contribution in [0.4, 0.5) is 0 Å². The van der Waals surface area contributed by atoms with Gasteiger partial charge in [0.25, 0.3) is 0 Å². The SMILES string of the molecule is CCCCCCCCCCCCCCCCCCC(=O)OC[C@@H](COC(=O)CCCCCCCCCCCCC)OC(=O)CCCCCCCCCCCCC(C)C. The van der Waals surface area contributed by atoms with Crippen LogP contribution in [0.3, 0.4) is 0 Å². The van der Waals surface area contributed by atoms with E-state index in [0.29, 0.717) is 19.3 Å². The molecule has 0 fully saturated rings. The van der Waals surface area contributed by atoms with E-state index in [2.05, 4.69) is 27.7 Å². The highest BCUT2D eigenvalue weighted by Gasteiger charge is 2.19. The van der Waals surface area contributed by atoms with Gasteiger partial charge < -0.3 is 14.2 Å². The zero-order valence-electron chi connectivity index (χ0n) is 39.5. The van der Waals surface area contributed by atoms with Crippen molar-refractivity contribution < 1.29 is 28.6 Å². The molecule has 0 aliphatic heterocycles. The summed E-state index contributed by atoms with van der Waals surface area (Å²) in [6.45, 7) is 9.01. The predicted molar refractivity (Wildman–Crippen MR) is 247 cm³/mol. The summed E-state index contributed by atoms with van der Waals surface area (Å²) < 4.78 is 16.8. The molecule has 0 aromatic rings. The van der Waals surface area contributed by atoms with Gasteiger partial charge in [-0.1, -0.05) is 252 Å². The third kappa shape index (κ3) is 45.5. The van der Waals surface area contributed by atoms with Crippen molar-refractivity contribution in [1.82, 2.24) is 0 Å². The van der Waals surface area contributed by atoms with Gasteiger partial charge in [-0.15, -0.1) is 0 Å². The summed E-state index contributed by atoms with van der Waals surface area (Å²) in [7, 11) is 0. The van der Waals surface area contributed by atoms with Crippen LogP contribution < -0.4 is 0 Å². The Morgan fingerprint density at radius 3 is 0.845 bits per heavy atom. The second-order valence-electron chi connectivity index (χ2n) is 18.3. The van der Waals surface area contributed by atoms with Crippen molar-refractivity contribution >= 4 is 17.9 Å². The molecule has 0 aliphatic rings. The van der Waals surface area contributed by atoms with Gasteiger partial charge in [-0.3, -0.25) is 14.4 Å². The molecule has 58 heavy (non-hydrogen) atoms. The maximum atomic E-state index is 12.8. The Morgan fingerprint density at radius 2 is 0.569 bits per heavy atom. The highest BCUT2D eigenvalue weighted by Crippen LogP contribution is 2.17. The maximum Gasteiger partial charge on any atom is 0.306 e. The Kier molecular flexibility index (Phi) is 45.2. The van der Waals surface area contributed by atoms with Crippen molar-refractivity contribution in [2.75, 3.05) is 13.2 Å². The summed E-state index contributed by atoms with van der Waals surface area (Å²) in [6, 6.07) is 0. The van der Waals surface area contributed by atoms with E-state index in [-0.39, 0.29) is 31.1 Å². The van der Waals surface area contributed by atoms with Crippen molar-refractivity contribution in [3.63, 3.8) is 0 Å². The van der Waals surface area contributed by atoms with Crippen LogP contribution in [0.1, 0.15) is 291 Å². The van der Waals surface area contributed by atoms with E-state index in [1.807, 2.05) is 0 Å². The Morgan fingerprint density at radius 1 is 0.328 bits per heavy atom. The van der Waals surface area contributed by atoms with Crippen molar-refractivity contribution in [1.29, 1.82) is 0 Å². The van der Waals surface area contributed by atoms with Crippen LogP contribution >= 0.6 is 0 Å². The quantitative estimate of drug-likeness (QED) is 0.0346. The molecule has 1 atom stereocenters. The van der Waals surface area contributed by atoms with Gasteiger partial charge in [0.1, 0.15) is 13.2 Å². The van der Waals surface area contributed by atoms with Gasteiger partial charge in [0.05, 0.1) is 0 Å². The second-order valence-corrected chi connectivity index (χ2v) is 18.3. The summed E-state index contributed by atoms with van der Waals surface area (Å²) >= 11 is 0. The molecule has 0 amide bonds. The van der Waals surface area contributed by atoms with E-state index in [1.165, 1.54) is 186 Å². The number of hydrogen-bond acceptors (Lipinski definition) is 6. The predicted octanol–water partition coefficient (Wildman–Crippen LogP) is 16.7. The van der Waals surface area contributed by atoms with E-state index in [9.17, 15) is 14.4 Å². The molecule has 0 aliphatic carbocycles. The smallest absolute Gasteiger partial charge is 0.306 e. The lowest BCUT2D eigenvalue weighted by Gasteiger charge is -2.18. The van der Waals surface area contributed by atoms with Gasteiger partial charge in [0.2, 0.25) is 0 Å². The average molecular weight is 821 g/mol. The standard InChI is InChI=1S/C52H100O6/c1-5-7-9-11-13-15-17-18-19-20-21-23-28-32-36-40-44-51(54)57-47-49(46-56-50(53)43-39-35-31-27-22-16-14-12-10-8-6-2)58-52(55)45-41-37-33-29-25-24-26-30-34-38-42-48(3)4/h48-49H,5-47H2,1-4H3/t49-/m1/s1. The van der Waals surface area contributed by atoms with E-state index in [4.69, 9.17) is 14.2 Å². The molecule has 0 aromatic carbocycles. The summed E-state index contributed by atoms with van der Waals surface area (Å²) in [6.07, 6.45) is 48.0. The van der Waals surface area contributed by atoms with Gasteiger partial charge in [-0.25, -0.2) is 0 Å². The summed E-state index contributed by atoms with van der Waals surface area (Å²) in [5.74, 6) is -0.0292. The van der Waals surface area contributed by atoms with E-state index >= 15 is 0 Å². The molecule has 0 bridgehead atoms. The zero-order valence-corrected chi connectivity index (χ0v) is 39.5. The molecular formula is C52H100O6.